The standard InChI is InChI=1S/C21H20ClN5O/c1-14(2)25-20-18(19(22)26-21-23-13-24-27(20)21)16-8-10-17(11-9-16)28-12-15-6-4-3-5-7-15/h3-11,13-14,25H,12H2,1-2H3. The predicted octanol–water partition coefficient (Wildman–Crippen LogP) is 4.84. The van der Waals surface area contributed by atoms with Crippen LogP contribution in [0.4, 0.5) is 5.82 Å². The Labute approximate surface area is 168 Å². The molecule has 0 atom stereocenters. The molecule has 1 N–H and O–H groups in total. The van der Waals surface area contributed by atoms with Crippen molar-refractivity contribution in [3.05, 3.63) is 71.6 Å². The molecule has 0 fully saturated rings. The van der Waals surface area contributed by atoms with Crippen molar-refractivity contribution in [1.82, 2.24) is 19.6 Å². The molecule has 2 aromatic carbocycles. The third-order valence-corrected chi connectivity index (χ3v) is 4.47. The van der Waals surface area contributed by atoms with Crippen LogP contribution in [0.25, 0.3) is 16.9 Å². The van der Waals surface area contributed by atoms with Crippen molar-refractivity contribution in [2.24, 2.45) is 0 Å². The van der Waals surface area contributed by atoms with E-state index in [2.05, 4.69) is 34.2 Å². The van der Waals surface area contributed by atoms with Gasteiger partial charge in [0.15, 0.2) is 0 Å². The highest BCUT2D eigenvalue weighted by atomic mass is 35.5. The van der Waals surface area contributed by atoms with Gasteiger partial charge in [-0.05, 0) is 37.1 Å². The Bertz CT molecular complexity index is 1080. The van der Waals surface area contributed by atoms with Gasteiger partial charge in [0.25, 0.3) is 5.78 Å². The van der Waals surface area contributed by atoms with E-state index in [-0.39, 0.29) is 6.04 Å². The molecule has 28 heavy (non-hydrogen) atoms. The molecule has 0 radical (unpaired) electrons. The highest BCUT2D eigenvalue weighted by Gasteiger charge is 2.18. The lowest BCUT2D eigenvalue weighted by Crippen LogP contribution is -2.15. The Morgan fingerprint density at radius 1 is 1.07 bits per heavy atom. The molecule has 0 bridgehead atoms. The molecule has 2 aromatic heterocycles. The quantitative estimate of drug-likeness (QED) is 0.474. The summed E-state index contributed by atoms with van der Waals surface area (Å²) >= 11 is 6.50. The first-order valence-corrected chi connectivity index (χ1v) is 9.42. The summed E-state index contributed by atoms with van der Waals surface area (Å²) in [5, 5.41) is 8.06. The fraction of sp³-hybridized carbons (Fsp3) is 0.190. The van der Waals surface area contributed by atoms with Crippen LogP contribution in [0, 0.1) is 0 Å². The summed E-state index contributed by atoms with van der Waals surface area (Å²) in [6, 6.07) is 18.1. The zero-order valence-electron chi connectivity index (χ0n) is 15.6. The maximum atomic E-state index is 6.50. The number of anilines is 1. The molecular weight excluding hydrogens is 374 g/mol. The smallest absolute Gasteiger partial charge is 0.255 e. The predicted molar refractivity (Wildman–Crippen MR) is 111 cm³/mol. The molecule has 4 aromatic rings. The summed E-state index contributed by atoms with van der Waals surface area (Å²) in [4.78, 5) is 8.51. The fourth-order valence-electron chi connectivity index (χ4n) is 2.94. The van der Waals surface area contributed by atoms with E-state index in [1.54, 1.807) is 4.52 Å². The maximum Gasteiger partial charge on any atom is 0.255 e. The molecule has 0 aliphatic carbocycles. The summed E-state index contributed by atoms with van der Waals surface area (Å²) < 4.78 is 7.54. The summed E-state index contributed by atoms with van der Waals surface area (Å²) in [6.07, 6.45) is 1.47. The van der Waals surface area contributed by atoms with Crippen molar-refractivity contribution in [2.45, 2.75) is 26.5 Å². The Morgan fingerprint density at radius 3 is 2.54 bits per heavy atom. The zero-order valence-corrected chi connectivity index (χ0v) is 16.4. The average molecular weight is 394 g/mol. The Hall–Kier alpha value is -3.12. The first kappa shape index (κ1) is 18.3. The number of rotatable bonds is 6. The first-order chi connectivity index (χ1) is 13.6. The highest BCUT2D eigenvalue weighted by Crippen LogP contribution is 2.35. The molecule has 0 saturated heterocycles. The second-order valence-corrected chi connectivity index (χ2v) is 7.05. The monoisotopic (exact) mass is 393 g/mol. The Balaban J connectivity index is 1.65. The number of benzene rings is 2. The van der Waals surface area contributed by atoms with E-state index in [1.165, 1.54) is 6.33 Å². The summed E-state index contributed by atoms with van der Waals surface area (Å²) in [5.41, 5.74) is 2.83. The van der Waals surface area contributed by atoms with Crippen LogP contribution < -0.4 is 10.1 Å². The van der Waals surface area contributed by atoms with Gasteiger partial charge in [0.2, 0.25) is 0 Å². The number of nitrogens with one attached hydrogen (secondary N) is 1. The van der Waals surface area contributed by atoms with Crippen LogP contribution in [-0.4, -0.2) is 25.6 Å². The van der Waals surface area contributed by atoms with Gasteiger partial charge in [-0.2, -0.15) is 19.6 Å². The van der Waals surface area contributed by atoms with E-state index in [0.717, 1.165) is 28.3 Å². The van der Waals surface area contributed by atoms with Crippen LogP contribution in [0.15, 0.2) is 60.9 Å². The lowest BCUT2D eigenvalue weighted by molar-refractivity contribution is 0.306. The Morgan fingerprint density at radius 2 is 1.82 bits per heavy atom. The van der Waals surface area contributed by atoms with Gasteiger partial charge in [-0.25, -0.2) is 0 Å². The number of ether oxygens (including phenoxy) is 1. The van der Waals surface area contributed by atoms with Crippen LogP contribution in [0.1, 0.15) is 19.4 Å². The lowest BCUT2D eigenvalue weighted by atomic mass is 10.1. The number of nitrogens with zero attached hydrogens (tertiary/aromatic N) is 4. The number of aromatic nitrogens is 4. The van der Waals surface area contributed by atoms with Gasteiger partial charge in [0.1, 0.15) is 29.7 Å². The van der Waals surface area contributed by atoms with Gasteiger partial charge in [-0.3, -0.25) is 0 Å². The van der Waals surface area contributed by atoms with Crippen LogP contribution in [0.2, 0.25) is 5.15 Å². The van der Waals surface area contributed by atoms with E-state index in [1.807, 2.05) is 54.6 Å². The molecule has 6 nitrogen and oxygen atoms in total. The van der Waals surface area contributed by atoms with Crippen molar-refractivity contribution in [3.63, 3.8) is 0 Å². The molecule has 7 heteroatoms. The highest BCUT2D eigenvalue weighted by molar-refractivity contribution is 6.33. The third-order valence-electron chi connectivity index (χ3n) is 4.20. The van der Waals surface area contributed by atoms with Crippen LogP contribution >= 0.6 is 11.6 Å². The molecular formula is C21H20ClN5O. The first-order valence-electron chi connectivity index (χ1n) is 9.05. The molecule has 0 spiro atoms. The number of hydrogen-bond donors (Lipinski definition) is 1. The largest absolute Gasteiger partial charge is 0.489 e. The Kier molecular flexibility index (Phi) is 5.12. The second kappa shape index (κ2) is 7.86. The van der Waals surface area contributed by atoms with Crippen molar-refractivity contribution >= 4 is 23.2 Å². The van der Waals surface area contributed by atoms with Gasteiger partial charge in [0, 0.05) is 6.04 Å². The summed E-state index contributed by atoms with van der Waals surface area (Å²) in [7, 11) is 0. The minimum absolute atomic E-state index is 0.193. The van der Waals surface area contributed by atoms with E-state index in [4.69, 9.17) is 16.3 Å². The molecule has 4 rings (SSSR count). The van der Waals surface area contributed by atoms with Gasteiger partial charge in [0.05, 0.1) is 5.56 Å². The van der Waals surface area contributed by atoms with E-state index in [0.29, 0.717) is 17.5 Å². The second-order valence-electron chi connectivity index (χ2n) is 6.70. The van der Waals surface area contributed by atoms with Crippen LogP contribution in [-0.2, 0) is 6.61 Å². The molecule has 0 aliphatic heterocycles. The minimum atomic E-state index is 0.193. The van der Waals surface area contributed by atoms with Gasteiger partial charge in [-0.1, -0.05) is 54.1 Å². The molecule has 0 aliphatic rings. The lowest BCUT2D eigenvalue weighted by Gasteiger charge is -2.17. The molecule has 0 amide bonds. The van der Waals surface area contributed by atoms with Crippen LogP contribution in [0.3, 0.4) is 0 Å². The molecule has 142 valence electrons. The fourth-order valence-corrected chi connectivity index (χ4v) is 3.21. The van der Waals surface area contributed by atoms with Gasteiger partial charge < -0.3 is 10.1 Å². The minimum Gasteiger partial charge on any atom is -0.489 e. The van der Waals surface area contributed by atoms with E-state index >= 15 is 0 Å². The van der Waals surface area contributed by atoms with Crippen molar-refractivity contribution in [3.8, 4) is 16.9 Å². The van der Waals surface area contributed by atoms with Gasteiger partial charge >= 0.3 is 0 Å². The number of fused-ring (bicyclic) bond motifs is 1. The number of hydrogen-bond acceptors (Lipinski definition) is 5. The van der Waals surface area contributed by atoms with Crippen molar-refractivity contribution in [2.75, 3.05) is 5.32 Å². The van der Waals surface area contributed by atoms with Gasteiger partial charge in [-0.15, -0.1) is 0 Å². The zero-order chi connectivity index (χ0) is 19.5. The van der Waals surface area contributed by atoms with Crippen molar-refractivity contribution < 1.29 is 4.74 Å². The van der Waals surface area contributed by atoms with E-state index in [9.17, 15) is 0 Å². The topological polar surface area (TPSA) is 64.3 Å². The summed E-state index contributed by atoms with van der Waals surface area (Å²) in [5.74, 6) is 2.01. The average Bonchev–Trinajstić information content (AvgIpc) is 3.16. The van der Waals surface area contributed by atoms with Crippen molar-refractivity contribution in [1.29, 1.82) is 0 Å². The molecule has 0 unspecified atom stereocenters. The van der Waals surface area contributed by atoms with Crippen LogP contribution in [0.5, 0.6) is 5.75 Å². The third kappa shape index (κ3) is 3.77. The SMILES string of the molecule is CC(C)Nc1c(-c2ccc(OCc3ccccc3)cc2)c(Cl)nc2ncnn12. The normalized spacial score (nSPS) is 11.1. The number of halogens is 1. The van der Waals surface area contributed by atoms with E-state index < -0.39 is 0 Å². The molecule has 0 saturated carbocycles. The maximum absolute atomic E-state index is 6.50. The summed E-state index contributed by atoms with van der Waals surface area (Å²) in [6.45, 7) is 4.64. The molecule has 2 heterocycles.